The molecule has 4 aromatic rings. The number of rotatable bonds is 10. The smallest absolute Gasteiger partial charge is 0.319 e. The van der Waals surface area contributed by atoms with Gasteiger partial charge in [-0.15, -0.1) is 0 Å². The van der Waals surface area contributed by atoms with Gasteiger partial charge in [-0.25, -0.2) is 18.2 Å². The monoisotopic (exact) mass is 722 g/mol. The first-order chi connectivity index (χ1) is 25.0. The number of fused-ring (bicyclic) bond motifs is 2. The first-order valence-electron chi connectivity index (χ1n) is 17.8. The van der Waals surface area contributed by atoms with Gasteiger partial charge in [-0.2, -0.15) is 9.97 Å². The van der Waals surface area contributed by atoms with Gasteiger partial charge in [0.15, 0.2) is 5.82 Å². The summed E-state index contributed by atoms with van der Waals surface area (Å²) in [5, 5.41) is 22.9. The number of nitrogens with two attached hydrogens (primary N) is 1. The number of benzene rings is 2. The van der Waals surface area contributed by atoms with Crippen LogP contribution in [-0.2, 0) is 15.9 Å². The summed E-state index contributed by atoms with van der Waals surface area (Å²) in [5.74, 6) is -1.26. The highest BCUT2D eigenvalue weighted by Gasteiger charge is 2.57. The molecule has 278 valence electrons. The Labute approximate surface area is 300 Å². The highest BCUT2D eigenvalue weighted by atomic mass is 19.1. The minimum Gasteiger partial charge on any atom is -0.508 e. The number of nitrogens with zero attached hydrogens (tertiary/aromatic N) is 5. The molecule has 0 spiro atoms. The number of piperidine rings is 1. The SMILES string of the molecule is CCc1c(F)ccc2cc(O)cc(-c3nc(/C=C\N)c4c(N5CCOCC(C)(O)C5)nc(OCC5(CN6CCC(OC)CC6)CC5F)nc4c3F)c12. The van der Waals surface area contributed by atoms with Gasteiger partial charge in [0.05, 0.1) is 42.4 Å². The van der Waals surface area contributed by atoms with E-state index < -0.39 is 28.8 Å². The number of anilines is 1. The van der Waals surface area contributed by atoms with Crippen molar-refractivity contribution in [3.63, 3.8) is 0 Å². The number of aromatic nitrogens is 3. The van der Waals surface area contributed by atoms with Gasteiger partial charge in [-0.1, -0.05) is 13.0 Å². The van der Waals surface area contributed by atoms with E-state index in [1.165, 1.54) is 36.5 Å². The molecule has 4 N–H and O–H groups in total. The van der Waals surface area contributed by atoms with Gasteiger partial charge < -0.3 is 40.0 Å². The second-order valence-electron chi connectivity index (χ2n) is 14.5. The third-order valence-electron chi connectivity index (χ3n) is 10.5. The van der Waals surface area contributed by atoms with Crippen molar-refractivity contribution >= 4 is 33.6 Å². The Balaban J connectivity index is 1.37. The molecule has 11 nitrogen and oxygen atoms in total. The van der Waals surface area contributed by atoms with Crippen molar-refractivity contribution in [1.82, 2.24) is 19.9 Å². The normalized spacial score (nSPS) is 24.6. The van der Waals surface area contributed by atoms with Crippen LogP contribution in [0.2, 0.25) is 0 Å². The van der Waals surface area contributed by atoms with Crippen molar-refractivity contribution < 1.29 is 37.6 Å². The molecule has 0 amide bonds. The van der Waals surface area contributed by atoms with Crippen LogP contribution in [0.1, 0.15) is 44.4 Å². The van der Waals surface area contributed by atoms with Crippen molar-refractivity contribution in [2.45, 2.75) is 57.4 Å². The number of β-amino-alcohol motifs (C(OH)–C–C–N with tert-alkyl or cyclic N) is 1. The molecule has 1 aliphatic carbocycles. The Hall–Kier alpha value is -4.24. The van der Waals surface area contributed by atoms with Gasteiger partial charge >= 0.3 is 6.01 Å². The first kappa shape index (κ1) is 36.1. The Morgan fingerprint density at radius 3 is 2.58 bits per heavy atom. The number of alkyl halides is 1. The summed E-state index contributed by atoms with van der Waals surface area (Å²) < 4.78 is 64.9. The van der Waals surface area contributed by atoms with Crippen molar-refractivity contribution in [1.29, 1.82) is 0 Å². The van der Waals surface area contributed by atoms with Crippen LogP contribution in [0.4, 0.5) is 19.0 Å². The molecule has 0 radical (unpaired) electrons. The molecule has 1 saturated carbocycles. The summed E-state index contributed by atoms with van der Waals surface area (Å²) in [7, 11) is 1.71. The molecule has 2 saturated heterocycles. The van der Waals surface area contributed by atoms with Crippen LogP contribution in [0.15, 0.2) is 30.5 Å². The number of likely N-dealkylation sites (tertiary alicyclic amines) is 1. The molecular formula is C38H45F3N6O5. The molecule has 0 bridgehead atoms. The number of ether oxygens (including phenoxy) is 3. The number of halogens is 3. The third-order valence-corrected chi connectivity index (χ3v) is 10.5. The van der Waals surface area contributed by atoms with Crippen molar-refractivity contribution in [3.8, 4) is 23.0 Å². The largest absolute Gasteiger partial charge is 0.508 e. The lowest BCUT2D eigenvalue weighted by molar-refractivity contribution is -0.0123. The van der Waals surface area contributed by atoms with Crippen LogP contribution in [0.3, 0.4) is 0 Å². The van der Waals surface area contributed by atoms with Crippen LogP contribution in [0, 0.1) is 17.0 Å². The van der Waals surface area contributed by atoms with Gasteiger partial charge in [0.2, 0.25) is 0 Å². The number of phenolic OH excluding ortho intramolecular Hbond substituents is 1. The van der Waals surface area contributed by atoms with Crippen LogP contribution in [0.25, 0.3) is 39.0 Å². The third kappa shape index (κ3) is 6.96. The number of pyridine rings is 1. The predicted octanol–water partition coefficient (Wildman–Crippen LogP) is 5.13. The number of phenols is 1. The first-order valence-corrected chi connectivity index (χ1v) is 17.8. The fourth-order valence-corrected chi connectivity index (χ4v) is 7.67. The molecule has 3 aliphatic rings. The molecule has 14 heteroatoms. The lowest BCUT2D eigenvalue weighted by atomic mass is 9.94. The summed E-state index contributed by atoms with van der Waals surface area (Å²) in [4.78, 5) is 18.0. The van der Waals surface area contributed by atoms with Crippen LogP contribution >= 0.6 is 0 Å². The Morgan fingerprint density at radius 2 is 1.88 bits per heavy atom. The fourth-order valence-electron chi connectivity index (χ4n) is 7.67. The van der Waals surface area contributed by atoms with Gasteiger partial charge in [-0.3, -0.25) is 0 Å². The molecular weight excluding hydrogens is 677 g/mol. The van der Waals surface area contributed by atoms with Crippen molar-refractivity contribution in [2.75, 3.05) is 64.6 Å². The summed E-state index contributed by atoms with van der Waals surface area (Å²) in [5.41, 5.74) is 4.21. The van der Waals surface area contributed by atoms with Crippen molar-refractivity contribution in [2.24, 2.45) is 11.1 Å². The summed E-state index contributed by atoms with van der Waals surface area (Å²) >= 11 is 0. The molecule has 7 rings (SSSR count). The fraction of sp³-hybridized carbons (Fsp3) is 0.500. The van der Waals surface area contributed by atoms with E-state index in [-0.39, 0.29) is 77.9 Å². The van der Waals surface area contributed by atoms with E-state index in [1.54, 1.807) is 25.9 Å². The zero-order valence-electron chi connectivity index (χ0n) is 29.7. The number of hydrogen-bond acceptors (Lipinski definition) is 11. The van der Waals surface area contributed by atoms with Crippen molar-refractivity contribution in [3.05, 3.63) is 53.4 Å². The second kappa shape index (κ2) is 14.3. The van der Waals surface area contributed by atoms with E-state index in [0.717, 1.165) is 25.9 Å². The number of aliphatic hydroxyl groups is 1. The lowest BCUT2D eigenvalue weighted by Gasteiger charge is -2.33. The van der Waals surface area contributed by atoms with E-state index >= 15 is 13.2 Å². The maximum absolute atomic E-state index is 17.2. The van der Waals surface area contributed by atoms with Crippen LogP contribution < -0.4 is 15.4 Å². The Bertz CT molecular complexity index is 2010. The lowest BCUT2D eigenvalue weighted by Crippen LogP contribution is -2.42. The van der Waals surface area contributed by atoms with Gasteiger partial charge in [0.25, 0.3) is 0 Å². The maximum atomic E-state index is 17.2. The van der Waals surface area contributed by atoms with Gasteiger partial charge in [0.1, 0.15) is 47.0 Å². The minimum atomic E-state index is -1.28. The summed E-state index contributed by atoms with van der Waals surface area (Å²) in [6.45, 7) is 6.15. The van der Waals surface area contributed by atoms with Gasteiger partial charge in [0, 0.05) is 38.9 Å². The van der Waals surface area contributed by atoms with E-state index in [1.807, 2.05) is 0 Å². The number of aromatic hydroxyl groups is 1. The molecule has 2 aromatic heterocycles. The zero-order valence-corrected chi connectivity index (χ0v) is 29.7. The molecule has 52 heavy (non-hydrogen) atoms. The van der Waals surface area contributed by atoms with E-state index in [9.17, 15) is 10.2 Å². The minimum absolute atomic E-state index is 0.0321. The highest BCUT2D eigenvalue weighted by Crippen LogP contribution is 2.50. The Morgan fingerprint density at radius 1 is 1.12 bits per heavy atom. The maximum Gasteiger partial charge on any atom is 0.319 e. The molecule has 3 unspecified atom stereocenters. The number of hydrogen-bond donors (Lipinski definition) is 3. The molecule has 3 fully saturated rings. The second-order valence-corrected chi connectivity index (χ2v) is 14.5. The Kier molecular flexibility index (Phi) is 9.93. The van der Waals surface area contributed by atoms with Crippen LogP contribution in [0.5, 0.6) is 11.8 Å². The van der Waals surface area contributed by atoms with E-state index in [2.05, 4.69) is 9.88 Å². The zero-order chi connectivity index (χ0) is 36.8. The summed E-state index contributed by atoms with van der Waals surface area (Å²) in [6, 6.07) is 5.50. The topological polar surface area (TPSA) is 139 Å². The molecule has 2 aliphatic heterocycles. The van der Waals surface area contributed by atoms with Gasteiger partial charge in [-0.05, 0) is 79.4 Å². The predicted molar refractivity (Wildman–Crippen MR) is 192 cm³/mol. The summed E-state index contributed by atoms with van der Waals surface area (Å²) in [6.07, 6.45) is 4.19. The average molecular weight is 723 g/mol. The highest BCUT2D eigenvalue weighted by molar-refractivity contribution is 6.03. The number of aryl methyl sites for hydroxylation is 1. The van der Waals surface area contributed by atoms with Crippen LogP contribution in [-0.4, -0.2) is 108 Å². The van der Waals surface area contributed by atoms with E-state index in [0.29, 0.717) is 42.3 Å². The molecule has 2 aromatic carbocycles. The van der Waals surface area contributed by atoms with E-state index in [4.69, 9.17) is 29.9 Å². The molecule has 4 heterocycles. The molecule has 3 atom stereocenters. The quantitative estimate of drug-likeness (QED) is 0.201. The standard InChI is InChI=1S/C38H45F3N6O5/c1-4-25-27(39)6-5-22-15-23(48)16-26(30(22)25)33-32(41)34-31(28(43-33)7-10-42)35(47-13-14-51-20-37(2,49)18-47)45-36(44-34)52-21-38(17-29(38)40)19-46-11-8-24(50-3)9-12-46/h5-7,10,15-16,24,29,48-49H,4,8-9,11-14,17-21,42H2,1-3H3/b10-7-. The average Bonchev–Trinajstić information content (AvgIpc) is 3.81. The number of methoxy groups -OCH3 is 1.